The first-order valence-corrected chi connectivity index (χ1v) is 16.6. The molecule has 5 rings (SSSR count). The molecule has 1 aromatic carbocycles. The van der Waals surface area contributed by atoms with Gasteiger partial charge in [0.1, 0.15) is 18.5 Å². The molecular weight excluding hydrogens is 526 g/mol. The Labute approximate surface area is 254 Å². The average molecular weight is 582 g/mol. The van der Waals surface area contributed by atoms with Crippen LogP contribution in [-0.2, 0) is 4.79 Å². The molecule has 3 heterocycles. The van der Waals surface area contributed by atoms with E-state index in [1.165, 1.54) is 44.2 Å². The maximum Gasteiger partial charge on any atom is 0.219 e. The predicted molar refractivity (Wildman–Crippen MR) is 169 cm³/mol. The number of β-amino-alcohol motifs (C(OH)–C–C–N with tert-alkyl or cyclic N) is 1. The number of rotatable bonds is 12. The molecule has 0 spiro atoms. The summed E-state index contributed by atoms with van der Waals surface area (Å²) in [7, 11) is 2.19. The Bertz CT molecular complexity index is 1040. The molecule has 42 heavy (non-hydrogen) atoms. The number of piperidine rings is 1. The second-order valence-electron chi connectivity index (χ2n) is 13.2. The van der Waals surface area contributed by atoms with Crippen LogP contribution in [0.3, 0.4) is 0 Å². The third-order valence-electron chi connectivity index (χ3n) is 10.00. The van der Waals surface area contributed by atoms with E-state index in [-0.39, 0.29) is 24.6 Å². The minimum absolute atomic E-state index is 0.171. The zero-order valence-electron chi connectivity index (χ0n) is 26.5. The molecule has 234 valence electrons. The molecule has 3 aliphatic heterocycles. The molecule has 8 heteroatoms. The molecule has 0 bridgehead atoms. The average Bonchev–Trinajstić information content (AvgIpc) is 3.36. The topological polar surface area (TPSA) is 62.7 Å². The Kier molecular flexibility index (Phi) is 11.2. The lowest BCUT2D eigenvalue weighted by Gasteiger charge is -2.41. The highest BCUT2D eigenvalue weighted by Crippen LogP contribution is 2.38. The molecule has 1 aromatic rings. The summed E-state index contributed by atoms with van der Waals surface area (Å²) in [4.78, 5) is 25.3. The number of benzene rings is 1. The van der Waals surface area contributed by atoms with Crippen LogP contribution in [0, 0.1) is 6.92 Å². The van der Waals surface area contributed by atoms with E-state index in [2.05, 4.69) is 31.5 Å². The SMILES string of the molecule is CC(=O)N(CCCN1CCN(C)CC1)C1CC(C(=C2CCC2)N2CCCCC2)N(CC(O)COc2ccccc2C)C1. The van der Waals surface area contributed by atoms with E-state index in [1.54, 1.807) is 12.5 Å². The van der Waals surface area contributed by atoms with Gasteiger partial charge in [-0.25, -0.2) is 0 Å². The maximum atomic E-state index is 13.1. The fourth-order valence-electron chi connectivity index (χ4n) is 7.37. The molecule has 1 N–H and O–H groups in total. The summed E-state index contributed by atoms with van der Waals surface area (Å²) in [5, 5.41) is 11.2. The summed E-state index contributed by atoms with van der Waals surface area (Å²) in [6.07, 6.45) is 8.87. The van der Waals surface area contributed by atoms with E-state index < -0.39 is 6.10 Å². The molecule has 3 saturated heterocycles. The van der Waals surface area contributed by atoms with Gasteiger partial charge < -0.3 is 29.4 Å². The minimum atomic E-state index is -0.595. The van der Waals surface area contributed by atoms with Gasteiger partial charge in [0.15, 0.2) is 0 Å². The van der Waals surface area contributed by atoms with Crippen molar-refractivity contribution >= 4 is 5.91 Å². The highest BCUT2D eigenvalue weighted by Gasteiger charge is 2.42. The van der Waals surface area contributed by atoms with Crippen molar-refractivity contribution in [3.63, 3.8) is 0 Å². The fourth-order valence-corrected chi connectivity index (χ4v) is 7.37. The summed E-state index contributed by atoms with van der Waals surface area (Å²) in [6, 6.07) is 8.42. The van der Waals surface area contributed by atoms with Gasteiger partial charge in [-0.05, 0) is 89.1 Å². The first kappa shape index (κ1) is 31.3. The highest BCUT2D eigenvalue weighted by molar-refractivity contribution is 5.73. The molecule has 1 amide bonds. The van der Waals surface area contributed by atoms with E-state index >= 15 is 0 Å². The molecule has 0 aromatic heterocycles. The number of aryl methyl sites for hydroxylation is 1. The van der Waals surface area contributed by atoms with Crippen molar-refractivity contribution in [2.75, 3.05) is 79.1 Å². The Morgan fingerprint density at radius 1 is 1.05 bits per heavy atom. The van der Waals surface area contributed by atoms with Gasteiger partial charge in [0, 0.05) is 77.6 Å². The first-order chi connectivity index (χ1) is 20.4. The summed E-state index contributed by atoms with van der Waals surface area (Å²) < 4.78 is 6.06. The molecule has 3 atom stereocenters. The summed E-state index contributed by atoms with van der Waals surface area (Å²) in [5.41, 5.74) is 4.22. The Morgan fingerprint density at radius 2 is 1.79 bits per heavy atom. The molecular formula is C34H55N5O3. The number of aliphatic hydroxyl groups is 1. The Morgan fingerprint density at radius 3 is 2.45 bits per heavy atom. The number of amides is 1. The van der Waals surface area contributed by atoms with Gasteiger partial charge in [0.05, 0.1) is 6.04 Å². The van der Waals surface area contributed by atoms with Gasteiger partial charge in [-0.3, -0.25) is 9.69 Å². The van der Waals surface area contributed by atoms with Crippen molar-refractivity contribution in [3.8, 4) is 5.75 Å². The van der Waals surface area contributed by atoms with E-state index in [9.17, 15) is 9.90 Å². The number of carbonyl (C=O) groups is 1. The van der Waals surface area contributed by atoms with Crippen molar-refractivity contribution in [3.05, 3.63) is 41.1 Å². The smallest absolute Gasteiger partial charge is 0.219 e. The van der Waals surface area contributed by atoms with Crippen LogP contribution in [0.2, 0.25) is 0 Å². The first-order valence-electron chi connectivity index (χ1n) is 16.6. The molecule has 4 aliphatic rings. The Balaban J connectivity index is 1.28. The normalized spacial score (nSPS) is 24.9. The molecule has 1 saturated carbocycles. The maximum absolute atomic E-state index is 13.1. The third kappa shape index (κ3) is 8.07. The van der Waals surface area contributed by atoms with Crippen LogP contribution in [0.4, 0.5) is 0 Å². The van der Waals surface area contributed by atoms with Gasteiger partial charge in [0.2, 0.25) is 5.91 Å². The van der Waals surface area contributed by atoms with Crippen molar-refractivity contribution in [2.45, 2.75) is 83.4 Å². The van der Waals surface area contributed by atoms with E-state index in [0.29, 0.717) is 6.54 Å². The number of hydrogen-bond donors (Lipinski definition) is 1. The van der Waals surface area contributed by atoms with Crippen LogP contribution in [0.25, 0.3) is 0 Å². The largest absolute Gasteiger partial charge is 0.491 e. The van der Waals surface area contributed by atoms with Gasteiger partial charge in [-0.15, -0.1) is 0 Å². The lowest BCUT2D eigenvalue weighted by Crippen LogP contribution is -2.46. The minimum Gasteiger partial charge on any atom is -0.491 e. The number of nitrogens with zero attached hydrogens (tertiary/aromatic N) is 5. The number of para-hydroxylation sites is 1. The number of piperazine rings is 1. The second-order valence-corrected chi connectivity index (χ2v) is 13.2. The molecule has 8 nitrogen and oxygen atoms in total. The van der Waals surface area contributed by atoms with E-state index in [1.807, 2.05) is 31.2 Å². The molecule has 3 unspecified atom stereocenters. The van der Waals surface area contributed by atoms with Crippen molar-refractivity contribution in [1.29, 1.82) is 0 Å². The van der Waals surface area contributed by atoms with Gasteiger partial charge in [0.25, 0.3) is 0 Å². The predicted octanol–water partition coefficient (Wildman–Crippen LogP) is 3.59. The van der Waals surface area contributed by atoms with Crippen molar-refractivity contribution in [2.24, 2.45) is 0 Å². The van der Waals surface area contributed by atoms with Crippen LogP contribution < -0.4 is 4.74 Å². The highest BCUT2D eigenvalue weighted by atomic mass is 16.5. The number of ether oxygens (including phenoxy) is 1. The van der Waals surface area contributed by atoms with Gasteiger partial charge >= 0.3 is 0 Å². The fraction of sp³-hybridized carbons (Fsp3) is 0.735. The van der Waals surface area contributed by atoms with Crippen LogP contribution in [0.5, 0.6) is 5.75 Å². The monoisotopic (exact) mass is 581 g/mol. The summed E-state index contributed by atoms with van der Waals surface area (Å²) in [6.45, 7) is 14.0. The molecule has 0 radical (unpaired) electrons. The Hall–Kier alpha value is -2.13. The molecule has 4 fully saturated rings. The standard InChI is InChI=1S/C34H55N5O3/c1-27-11-5-6-14-33(27)42-26-31(41)25-38-24-30(39(28(2)40)18-10-15-36-21-19-35(3)20-22-36)23-32(38)34(29-12-9-13-29)37-16-7-4-8-17-37/h5-6,11,14,30-32,41H,4,7-10,12-13,15-26H2,1-3H3. The van der Waals surface area contributed by atoms with Crippen molar-refractivity contribution in [1.82, 2.24) is 24.5 Å². The number of carbonyl (C=O) groups excluding carboxylic acids is 1. The number of aliphatic hydroxyl groups excluding tert-OH is 1. The summed E-state index contributed by atoms with van der Waals surface area (Å²) in [5.74, 6) is 1.01. The zero-order chi connectivity index (χ0) is 29.5. The zero-order valence-corrected chi connectivity index (χ0v) is 26.5. The van der Waals surface area contributed by atoms with Crippen LogP contribution in [0.1, 0.15) is 63.9 Å². The van der Waals surface area contributed by atoms with E-state index in [0.717, 1.165) is 83.1 Å². The van der Waals surface area contributed by atoms with Gasteiger partial charge in [-0.1, -0.05) is 18.2 Å². The molecule has 1 aliphatic carbocycles. The second kappa shape index (κ2) is 15.0. The van der Waals surface area contributed by atoms with Crippen LogP contribution in [0.15, 0.2) is 35.5 Å². The summed E-state index contributed by atoms with van der Waals surface area (Å²) >= 11 is 0. The number of allylic oxidation sites excluding steroid dienone is 1. The third-order valence-corrected chi connectivity index (χ3v) is 10.00. The lowest BCUT2D eigenvalue weighted by molar-refractivity contribution is -0.131. The van der Waals surface area contributed by atoms with Gasteiger partial charge in [-0.2, -0.15) is 0 Å². The number of likely N-dealkylation sites (N-methyl/N-ethyl adjacent to an activating group) is 1. The van der Waals surface area contributed by atoms with Crippen LogP contribution in [-0.4, -0.2) is 133 Å². The number of likely N-dealkylation sites (tertiary alicyclic amines) is 2. The quantitative estimate of drug-likeness (QED) is 0.405. The van der Waals surface area contributed by atoms with Crippen molar-refractivity contribution < 1.29 is 14.6 Å². The lowest BCUT2D eigenvalue weighted by atomic mass is 9.86. The van der Waals surface area contributed by atoms with E-state index in [4.69, 9.17) is 4.74 Å². The number of hydrogen-bond acceptors (Lipinski definition) is 7. The van der Waals surface area contributed by atoms with Crippen LogP contribution >= 0.6 is 0 Å².